The highest BCUT2D eigenvalue weighted by molar-refractivity contribution is 14.1. The van der Waals surface area contributed by atoms with Crippen LogP contribution in [0.4, 0.5) is 0 Å². The van der Waals surface area contributed by atoms with Gasteiger partial charge in [0.25, 0.3) is 0 Å². The Kier molecular flexibility index (Phi) is 8.20. The number of H-pyrrole nitrogens is 2. The smallest absolute Gasteiger partial charge is 0.305 e. The maximum atomic E-state index is 11.6. The number of nitrogens with one attached hydrogen (secondary N) is 2. The Morgan fingerprint density at radius 1 is 0.815 bits per heavy atom. The highest BCUT2D eigenvalue weighted by Gasteiger charge is 2.19. The number of carbonyl (C=O) groups is 2. The molecule has 0 atom stereocenters. The predicted molar refractivity (Wildman–Crippen MR) is 120 cm³/mol. The van der Waals surface area contributed by atoms with E-state index in [0.717, 1.165) is 29.9 Å². The predicted octanol–water partition coefficient (Wildman–Crippen LogP) is 3.97. The molecule has 0 aromatic carbocycles. The fourth-order valence-corrected chi connectivity index (χ4v) is 4.44. The third-order valence-corrected chi connectivity index (χ3v) is 6.94. The van der Waals surface area contributed by atoms with Crippen molar-refractivity contribution in [2.75, 3.05) is 14.2 Å². The maximum absolute atomic E-state index is 11.6. The monoisotopic (exact) mass is 598 g/mol. The number of carbonyl (C=O) groups excluding carboxylic acids is 2. The van der Waals surface area contributed by atoms with Crippen LogP contribution in [0, 0.1) is 21.2 Å². The molecule has 0 aliphatic heterocycles. The lowest BCUT2D eigenvalue weighted by atomic mass is 9.99. The van der Waals surface area contributed by atoms with Crippen molar-refractivity contribution in [1.82, 2.24) is 9.97 Å². The van der Waals surface area contributed by atoms with Gasteiger partial charge < -0.3 is 19.4 Å². The SMILES string of the molecule is COC(=O)CCc1c(Cc2[nH]c(I)c(C)c2CCC(=O)OC)[nH]c(I)c1C. The molecule has 2 N–H and O–H groups in total. The van der Waals surface area contributed by atoms with E-state index in [1.54, 1.807) is 0 Å². The van der Waals surface area contributed by atoms with Gasteiger partial charge in [0.05, 0.1) is 21.6 Å². The molecule has 0 spiro atoms. The number of hydrogen-bond donors (Lipinski definition) is 2. The van der Waals surface area contributed by atoms with Gasteiger partial charge in [0.1, 0.15) is 0 Å². The summed E-state index contributed by atoms with van der Waals surface area (Å²) in [5, 5.41) is 0. The molecule has 0 aliphatic rings. The van der Waals surface area contributed by atoms with Gasteiger partial charge in [-0.3, -0.25) is 9.59 Å². The van der Waals surface area contributed by atoms with E-state index >= 15 is 0 Å². The third-order valence-electron chi connectivity index (χ3n) is 4.78. The van der Waals surface area contributed by atoms with Crippen LogP contribution < -0.4 is 0 Å². The molecule has 2 rings (SSSR count). The van der Waals surface area contributed by atoms with Crippen LogP contribution >= 0.6 is 45.2 Å². The fraction of sp³-hybridized carbons (Fsp3) is 0.474. The van der Waals surface area contributed by atoms with Gasteiger partial charge >= 0.3 is 11.9 Å². The summed E-state index contributed by atoms with van der Waals surface area (Å²) < 4.78 is 11.7. The summed E-state index contributed by atoms with van der Waals surface area (Å²) in [6.45, 7) is 4.13. The largest absolute Gasteiger partial charge is 0.469 e. The van der Waals surface area contributed by atoms with Gasteiger partial charge in [0.15, 0.2) is 0 Å². The summed E-state index contributed by atoms with van der Waals surface area (Å²) in [4.78, 5) is 30.0. The highest BCUT2D eigenvalue weighted by atomic mass is 127. The van der Waals surface area contributed by atoms with Crippen molar-refractivity contribution in [3.05, 3.63) is 41.0 Å². The van der Waals surface area contributed by atoms with Crippen molar-refractivity contribution >= 4 is 57.1 Å². The molecule has 0 amide bonds. The van der Waals surface area contributed by atoms with Crippen molar-refractivity contribution in [3.8, 4) is 0 Å². The first kappa shape index (κ1) is 22.3. The zero-order valence-electron chi connectivity index (χ0n) is 15.9. The van der Waals surface area contributed by atoms with E-state index < -0.39 is 0 Å². The average Bonchev–Trinajstić information content (AvgIpc) is 3.06. The van der Waals surface area contributed by atoms with Crippen LogP contribution in [0.25, 0.3) is 0 Å². The molecule has 27 heavy (non-hydrogen) atoms. The first-order valence-corrected chi connectivity index (χ1v) is 10.8. The second-order valence-corrected chi connectivity index (χ2v) is 8.53. The lowest BCUT2D eigenvalue weighted by molar-refractivity contribution is -0.141. The summed E-state index contributed by atoms with van der Waals surface area (Å²) in [7, 11) is 2.82. The number of aromatic amines is 2. The van der Waals surface area contributed by atoms with E-state index in [1.807, 2.05) is 0 Å². The molecule has 2 aromatic heterocycles. The summed E-state index contributed by atoms with van der Waals surface area (Å²) in [5.41, 5.74) is 6.85. The number of ether oxygens (including phenoxy) is 2. The van der Waals surface area contributed by atoms with E-state index in [9.17, 15) is 9.59 Å². The van der Waals surface area contributed by atoms with Crippen molar-refractivity contribution in [2.24, 2.45) is 0 Å². The average molecular weight is 598 g/mol. The number of aromatic nitrogens is 2. The number of rotatable bonds is 8. The van der Waals surface area contributed by atoms with E-state index in [0.29, 0.717) is 32.1 Å². The molecule has 2 aromatic rings. The Morgan fingerprint density at radius 3 is 1.52 bits per heavy atom. The van der Waals surface area contributed by atoms with Crippen LogP contribution in [-0.4, -0.2) is 36.1 Å². The topological polar surface area (TPSA) is 84.2 Å². The van der Waals surface area contributed by atoms with Crippen LogP contribution in [0.15, 0.2) is 0 Å². The van der Waals surface area contributed by atoms with Gasteiger partial charge in [-0.2, -0.15) is 0 Å². The molecule has 8 heteroatoms. The van der Waals surface area contributed by atoms with Gasteiger partial charge in [0, 0.05) is 30.7 Å². The molecule has 6 nitrogen and oxygen atoms in total. The van der Waals surface area contributed by atoms with E-state index in [2.05, 4.69) is 69.0 Å². The minimum atomic E-state index is -0.208. The van der Waals surface area contributed by atoms with Crippen molar-refractivity contribution in [2.45, 2.75) is 46.0 Å². The molecular formula is C19H24I2N2O4. The van der Waals surface area contributed by atoms with Gasteiger partial charge in [-0.25, -0.2) is 0 Å². The number of halogens is 2. The molecule has 0 unspecified atom stereocenters. The second-order valence-electron chi connectivity index (χ2n) is 6.37. The normalized spacial score (nSPS) is 10.9. The lowest BCUT2D eigenvalue weighted by Crippen LogP contribution is -2.06. The quantitative estimate of drug-likeness (QED) is 0.356. The number of hydrogen-bond acceptors (Lipinski definition) is 4. The molecule has 0 saturated heterocycles. The van der Waals surface area contributed by atoms with Crippen LogP contribution in [0.5, 0.6) is 0 Å². The first-order valence-electron chi connectivity index (χ1n) is 8.63. The first-order chi connectivity index (χ1) is 12.8. The molecular weight excluding hydrogens is 574 g/mol. The summed E-state index contributed by atoms with van der Waals surface area (Å²) in [6, 6.07) is 0. The molecule has 0 bridgehead atoms. The van der Waals surface area contributed by atoms with Gasteiger partial charge in [-0.1, -0.05) is 0 Å². The van der Waals surface area contributed by atoms with Gasteiger partial charge in [0.2, 0.25) is 0 Å². The molecule has 148 valence electrons. The Morgan fingerprint density at radius 2 is 1.19 bits per heavy atom. The minimum absolute atomic E-state index is 0.208. The Labute approximate surface area is 186 Å². The van der Waals surface area contributed by atoms with Crippen LogP contribution in [0.1, 0.15) is 46.5 Å². The Balaban J connectivity index is 2.29. The number of esters is 2. The maximum Gasteiger partial charge on any atom is 0.305 e. The third kappa shape index (κ3) is 5.49. The summed E-state index contributed by atoms with van der Waals surface area (Å²) in [5.74, 6) is -0.416. The van der Waals surface area contributed by atoms with Crippen LogP contribution in [-0.2, 0) is 38.3 Å². The van der Waals surface area contributed by atoms with Gasteiger partial charge in [-0.05, 0) is 94.1 Å². The zero-order valence-corrected chi connectivity index (χ0v) is 20.2. The minimum Gasteiger partial charge on any atom is -0.469 e. The van der Waals surface area contributed by atoms with Crippen molar-refractivity contribution in [3.63, 3.8) is 0 Å². The number of methoxy groups -OCH3 is 2. The Hall–Kier alpha value is -1.04. The van der Waals surface area contributed by atoms with E-state index in [-0.39, 0.29) is 11.9 Å². The summed E-state index contributed by atoms with van der Waals surface area (Å²) >= 11 is 4.57. The molecule has 0 radical (unpaired) electrons. The molecule has 0 saturated carbocycles. The fourth-order valence-electron chi connectivity index (χ4n) is 3.13. The van der Waals surface area contributed by atoms with E-state index in [4.69, 9.17) is 9.47 Å². The van der Waals surface area contributed by atoms with E-state index in [1.165, 1.54) is 25.3 Å². The summed E-state index contributed by atoms with van der Waals surface area (Å²) in [6.07, 6.45) is 2.69. The lowest BCUT2D eigenvalue weighted by Gasteiger charge is -2.08. The zero-order chi connectivity index (χ0) is 20.1. The van der Waals surface area contributed by atoms with Crippen LogP contribution in [0.3, 0.4) is 0 Å². The van der Waals surface area contributed by atoms with Crippen molar-refractivity contribution in [1.29, 1.82) is 0 Å². The Bertz CT molecular complexity index is 771. The molecule has 0 fully saturated rings. The molecule has 0 aliphatic carbocycles. The second kappa shape index (κ2) is 9.94. The van der Waals surface area contributed by atoms with Crippen molar-refractivity contribution < 1.29 is 19.1 Å². The standard InChI is InChI=1S/C19H24I2N2O4/c1-10-12(5-7-16(24)26-3)14(22-18(10)20)9-15-13(6-8-17(25)27-4)11(2)19(21)23-15/h22-23H,5-9H2,1-4H3. The highest BCUT2D eigenvalue weighted by Crippen LogP contribution is 2.28. The molecule has 2 heterocycles. The van der Waals surface area contributed by atoms with Gasteiger partial charge in [-0.15, -0.1) is 0 Å². The van der Waals surface area contributed by atoms with Crippen LogP contribution in [0.2, 0.25) is 0 Å².